The Kier molecular flexibility index (Phi) is 6.84. The molecule has 2 aliphatic heterocycles. The average Bonchev–Trinajstić information content (AvgIpc) is 3.15. The molecule has 0 saturated carbocycles. The number of rotatable bonds is 6. The number of ether oxygens (including phenoxy) is 1. The van der Waals surface area contributed by atoms with Crippen molar-refractivity contribution >= 4 is 29.2 Å². The van der Waals surface area contributed by atoms with Crippen LogP contribution < -0.4 is 9.64 Å². The van der Waals surface area contributed by atoms with Gasteiger partial charge in [-0.3, -0.25) is 14.7 Å². The Hall–Kier alpha value is -2.80. The van der Waals surface area contributed by atoms with Crippen molar-refractivity contribution in [2.45, 2.75) is 38.7 Å². The van der Waals surface area contributed by atoms with Gasteiger partial charge in [-0.25, -0.2) is 4.79 Å². The zero-order valence-electron chi connectivity index (χ0n) is 18.5. The number of urea groups is 1. The van der Waals surface area contributed by atoms with Crippen LogP contribution in [0.3, 0.4) is 0 Å². The first-order valence-electron chi connectivity index (χ1n) is 11.1. The van der Waals surface area contributed by atoms with Gasteiger partial charge in [0, 0.05) is 43.8 Å². The van der Waals surface area contributed by atoms with E-state index in [0.29, 0.717) is 42.9 Å². The molecule has 2 fully saturated rings. The number of likely N-dealkylation sites (tertiary alicyclic amines) is 1. The van der Waals surface area contributed by atoms with Crippen LogP contribution in [0.1, 0.15) is 38.2 Å². The van der Waals surface area contributed by atoms with Crippen LogP contribution in [0.25, 0.3) is 0 Å². The minimum absolute atomic E-state index is 0.0514. The third-order valence-electron chi connectivity index (χ3n) is 6.05. The lowest BCUT2D eigenvalue weighted by molar-refractivity contribution is -0.134. The Morgan fingerprint density at radius 1 is 1.19 bits per heavy atom. The molecule has 0 bridgehead atoms. The first-order valence-corrected chi connectivity index (χ1v) is 11.5. The fourth-order valence-electron chi connectivity index (χ4n) is 4.17. The Morgan fingerprint density at radius 2 is 1.97 bits per heavy atom. The number of nitrogens with zero attached hydrogens (tertiary/aromatic N) is 4. The molecule has 32 heavy (non-hydrogen) atoms. The van der Waals surface area contributed by atoms with Crippen LogP contribution in [0.4, 0.5) is 10.5 Å². The van der Waals surface area contributed by atoms with Crippen molar-refractivity contribution in [2.75, 3.05) is 37.6 Å². The first-order chi connectivity index (χ1) is 15.4. The summed E-state index contributed by atoms with van der Waals surface area (Å²) in [5.41, 5.74) is 2.11. The number of hydrogen-bond donors (Lipinski definition) is 0. The van der Waals surface area contributed by atoms with Crippen LogP contribution in [0.5, 0.6) is 5.75 Å². The zero-order valence-corrected chi connectivity index (χ0v) is 19.3. The van der Waals surface area contributed by atoms with E-state index in [-0.39, 0.29) is 24.6 Å². The van der Waals surface area contributed by atoms with E-state index in [0.717, 1.165) is 18.5 Å². The van der Waals surface area contributed by atoms with Crippen molar-refractivity contribution in [3.05, 3.63) is 53.3 Å². The number of carbonyl (C=O) groups is 2. The number of hydrogen-bond acceptors (Lipinski definition) is 4. The highest BCUT2D eigenvalue weighted by atomic mass is 35.5. The van der Waals surface area contributed by atoms with E-state index in [1.165, 1.54) is 5.56 Å². The summed E-state index contributed by atoms with van der Waals surface area (Å²) >= 11 is 6.14. The van der Waals surface area contributed by atoms with Crippen molar-refractivity contribution in [1.29, 1.82) is 0 Å². The Labute approximate surface area is 193 Å². The number of halogens is 1. The highest BCUT2D eigenvalue weighted by Crippen LogP contribution is 2.26. The van der Waals surface area contributed by atoms with Gasteiger partial charge in [0.05, 0.1) is 6.54 Å². The van der Waals surface area contributed by atoms with Crippen LogP contribution in [0.15, 0.2) is 42.7 Å². The highest BCUT2D eigenvalue weighted by molar-refractivity contribution is 6.31. The van der Waals surface area contributed by atoms with E-state index < -0.39 is 0 Å². The Morgan fingerprint density at radius 3 is 2.69 bits per heavy atom. The molecule has 4 rings (SSSR count). The molecule has 0 aliphatic carbocycles. The van der Waals surface area contributed by atoms with Gasteiger partial charge < -0.3 is 14.5 Å². The smallest absolute Gasteiger partial charge is 0.325 e. The molecule has 1 aromatic heterocycles. The van der Waals surface area contributed by atoms with E-state index in [2.05, 4.69) is 31.0 Å². The van der Waals surface area contributed by atoms with Crippen LogP contribution >= 0.6 is 11.6 Å². The summed E-state index contributed by atoms with van der Waals surface area (Å²) in [5, 5.41) is 0.458. The fraction of sp³-hybridized carbons (Fsp3) is 0.458. The quantitative estimate of drug-likeness (QED) is 0.654. The molecule has 0 spiro atoms. The Balaban J connectivity index is 1.33. The predicted molar refractivity (Wildman–Crippen MR) is 124 cm³/mol. The molecule has 170 valence electrons. The lowest BCUT2D eigenvalue weighted by atomic mass is 10.0. The zero-order chi connectivity index (χ0) is 22.7. The summed E-state index contributed by atoms with van der Waals surface area (Å²) in [5.74, 6) is 0.971. The second-order valence-electron chi connectivity index (χ2n) is 8.63. The maximum Gasteiger partial charge on any atom is 0.325 e. The third-order valence-corrected chi connectivity index (χ3v) is 6.34. The third kappa shape index (κ3) is 4.99. The van der Waals surface area contributed by atoms with Crippen molar-refractivity contribution in [3.63, 3.8) is 0 Å². The second kappa shape index (κ2) is 9.77. The van der Waals surface area contributed by atoms with Gasteiger partial charge in [0.15, 0.2) is 0 Å². The number of amides is 3. The summed E-state index contributed by atoms with van der Waals surface area (Å²) in [6, 6.07) is 9.69. The minimum Gasteiger partial charge on any atom is -0.487 e. The standard InChI is InChI=1S/C24H29ClN4O3/c1-17(2)18-5-7-19(8-6-18)29-13-12-28(24(29)31)16-23(30)27-11-3-4-20(15-27)32-22-9-10-26-14-21(22)25/h5-10,14,17,20H,3-4,11-13,15-16H2,1-2H3. The summed E-state index contributed by atoms with van der Waals surface area (Å²) in [6.45, 7) is 6.65. The second-order valence-corrected chi connectivity index (χ2v) is 9.04. The molecule has 1 atom stereocenters. The van der Waals surface area contributed by atoms with Crippen LogP contribution in [0, 0.1) is 0 Å². The van der Waals surface area contributed by atoms with Gasteiger partial charge in [-0.2, -0.15) is 0 Å². The van der Waals surface area contributed by atoms with Crippen molar-refractivity contribution in [1.82, 2.24) is 14.8 Å². The van der Waals surface area contributed by atoms with E-state index in [4.69, 9.17) is 16.3 Å². The van der Waals surface area contributed by atoms with Gasteiger partial charge in [0.1, 0.15) is 23.4 Å². The normalized spacial score (nSPS) is 19.1. The molecule has 3 heterocycles. The maximum absolute atomic E-state index is 12.9. The van der Waals surface area contributed by atoms with E-state index in [1.807, 2.05) is 12.1 Å². The number of piperidine rings is 1. The number of anilines is 1. The van der Waals surface area contributed by atoms with E-state index >= 15 is 0 Å². The molecule has 2 saturated heterocycles. The molecular formula is C24H29ClN4O3. The van der Waals surface area contributed by atoms with Crippen LogP contribution in [-0.2, 0) is 4.79 Å². The van der Waals surface area contributed by atoms with Crippen molar-refractivity contribution in [2.24, 2.45) is 0 Å². The van der Waals surface area contributed by atoms with Gasteiger partial charge in [-0.15, -0.1) is 0 Å². The highest BCUT2D eigenvalue weighted by Gasteiger charge is 2.33. The molecule has 0 N–H and O–H groups in total. The molecule has 1 unspecified atom stereocenters. The number of aromatic nitrogens is 1. The lowest BCUT2D eigenvalue weighted by Gasteiger charge is -2.34. The molecule has 0 radical (unpaired) electrons. The van der Waals surface area contributed by atoms with Crippen molar-refractivity contribution < 1.29 is 14.3 Å². The molecule has 1 aromatic carbocycles. The summed E-state index contributed by atoms with van der Waals surface area (Å²) in [6.07, 6.45) is 4.75. The predicted octanol–water partition coefficient (Wildman–Crippen LogP) is 4.17. The Bertz CT molecular complexity index is 966. The number of benzene rings is 1. The maximum atomic E-state index is 12.9. The summed E-state index contributed by atoms with van der Waals surface area (Å²) in [4.78, 5) is 35.0. The molecule has 7 nitrogen and oxygen atoms in total. The SMILES string of the molecule is CC(C)c1ccc(N2CCN(CC(=O)N3CCCC(Oc4ccncc4Cl)C3)C2=O)cc1. The monoisotopic (exact) mass is 456 g/mol. The van der Waals surface area contributed by atoms with Gasteiger partial charge >= 0.3 is 6.03 Å². The van der Waals surface area contributed by atoms with Gasteiger partial charge in [-0.1, -0.05) is 37.6 Å². The lowest BCUT2D eigenvalue weighted by Crippen LogP contribution is -2.48. The number of carbonyl (C=O) groups excluding carboxylic acids is 2. The van der Waals surface area contributed by atoms with E-state index in [9.17, 15) is 9.59 Å². The molecule has 8 heteroatoms. The fourth-order valence-corrected chi connectivity index (χ4v) is 4.33. The summed E-state index contributed by atoms with van der Waals surface area (Å²) < 4.78 is 6.00. The number of pyridine rings is 1. The average molecular weight is 457 g/mol. The molecule has 2 aromatic rings. The first kappa shape index (κ1) is 22.4. The van der Waals surface area contributed by atoms with Gasteiger partial charge in [0.2, 0.25) is 5.91 Å². The summed E-state index contributed by atoms with van der Waals surface area (Å²) in [7, 11) is 0. The largest absolute Gasteiger partial charge is 0.487 e. The molecule has 2 aliphatic rings. The minimum atomic E-state index is -0.127. The van der Waals surface area contributed by atoms with Crippen LogP contribution in [-0.4, -0.2) is 65.5 Å². The molecular weight excluding hydrogens is 428 g/mol. The van der Waals surface area contributed by atoms with Gasteiger partial charge in [0.25, 0.3) is 0 Å². The van der Waals surface area contributed by atoms with Gasteiger partial charge in [-0.05, 0) is 36.5 Å². The van der Waals surface area contributed by atoms with Crippen molar-refractivity contribution in [3.8, 4) is 5.75 Å². The topological polar surface area (TPSA) is 66.0 Å². The van der Waals surface area contributed by atoms with E-state index in [1.54, 1.807) is 33.2 Å². The van der Waals surface area contributed by atoms with Crippen LogP contribution in [0.2, 0.25) is 5.02 Å². The molecule has 3 amide bonds.